The number of hydrogen-bond acceptors (Lipinski definition) is 5. The first-order chi connectivity index (χ1) is 11.1. The lowest BCUT2D eigenvalue weighted by atomic mass is 10.1. The van der Waals surface area contributed by atoms with Crippen LogP contribution in [-0.2, 0) is 6.42 Å². The van der Waals surface area contributed by atoms with Gasteiger partial charge >= 0.3 is 0 Å². The Labute approximate surface area is 132 Å². The molecule has 1 amide bonds. The van der Waals surface area contributed by atoms with Crippen molar-refractivity contribution in [2.45, 2.75) is 13.3 Å². The van der Waals surface area contributed by atoms with E-state index in [0.29, 0.717) is 36.7 Å². The van der Waals surface area contributed by atoms with Crippen LogP contribution >= 0.6 is 0 Å². The monoisotopic (exact) mass is 313 g/mol. The summed E-state index contributed by atoms with van der Waals surface area (Å²) in [6.45, 7) is 2.73. The number of rotatable bonds is 4. The normalized spacial score (nSPS) is 12.8. The molecule has 0 bridgehead atoms. The van der Waals surface area contributed by atoms with Crippen LogP contribution in [0.25, 0.3) is 0 Å². The highest BCUT2D eigenvalue weighted by atomic mass is 16.6. The summed E-state index contributed by atoms with van der Waals surface area (Å²) in [5.74, 6) is 0.0875. The second-order valence-electron chi connectivity index (χ2n) is 5.07. The number of benzene rings is 1. The maximum atomic E-state index is 12.8. The molecule has 0 fully saturated rings. The molecule has 0 saturated heterocycles. The highest BCUT2D eigenvalue weighted by Gasteiger charge is 2.29. The quantitative estimate of drug-likeness (QED) is 0.639. The molecule has 3 rings (SSSR count). The van der Waals surface area contributed by atoms with Gasteiger partial charge in [0.1, 0.15) is 5.56 Å². The average Bonchev–Trinajstić information content (AvgIpc) is 2.98. The Hall–Kier alpha value is -2.96. The lowest BCUT2D eigenvalue weighted by molar-refractivity contribution is -0.384. The summed E-state index contributed by atoms with van der Waals surface area (Å²) in [4.78, 5) is 28.9. The molecule has 0 atom stereocenters. The fourth-order valence-electron chi connectivity index (χ4n) is 2.66. The van der Waals surface area contributed by atoms with Crippen molar-refractivity contribution in [3.05, 3.63) is 57.8 Å². The molecule has 7 heteroatoms. The van der Waals surface area contributed by atoms with Gasteiger partial charge in [0.25, 0.3) is 11.6 Å². The number of ether oxygens (including phenoxy) is 1. The van der Waals surface area contributed by atoms with Crippen molar-refractivity contribution in [3.8, 4) is 5.88 Å². The van der Waals surface area contributed by atoms with E-state index in [0.717, 1.165) is 5.56 Å². The Bertz CT molecular complexity index is 776. The van der Waals surface area contributed by atoms with Crippen molar-refractivity contribution in [1.82, 2.24) is 4.98 Å². The topological polar surface area (TPSA) is 85.6 Å². The number of nitro groups is 1. The Balaban J connectivity index is 1.94. The van der Waals surface area contributed by atoms with Crippen molar-refractivity contribution in [1.29, 1.82) is 0 Å². The minimum Gasteiger partial charge on any atom is -0.477 e. The molecule has 0 saturated carbocycles. The summed E-state index contributed by atoms with van der Waals surface area (Å²) < 4.78 is 5.41. The van der Waals surface area contributed by atoms with Gasteiger partial charge in [-0.3, -0.25) is 14.9 Å². The number of fused-ring (bicyclic) bond motifs is 1. The van der Waals surface area contributed by atoms with E-state index < -0.39 is 4.92 Å². The lowest BCUT2D eigenvalue weighted by Gasteiger charge is -2.18. The summed E-state index contributed by atoms with van der Waals surface area (Å²) in [6.07, 6.45) is 2.16. The fraction of sp³-hybridized carbons (Fsp3) is 0.250. The first-order valence-electron chi connectivity index (χ1n) is 7.28. The number of non-ortho nitro benzene ring substituents is 1. The van der Waals surface area contributed by atoms with Gasteiger partial charge in [-0.25, -0.2) is 4.98 Å². The van der Waals surface area contributed by atoms with Gasteiger partial charge in [0.15, 0.2) is 0 Å². The van der Waals surface area contributed by atoms with Crippen LogP contribution in [-0.4, -0.2) is 29.0 Å². The van der Waals surface area contributed by atoms with Crippen LogP contribution in [0.4, 0.5) is 11.4 Å². The Kier molecular flexibility index (Phi) is 3.92. The predicted molar refractivity (Wildman–Crippen MR) is 83.9 cm³/mol. The van der Waals surface area contributed by atoms with Gasteiger partial charge in [0, 0.05) is 30.6 Å². The second kappa shape index (κ2) is 6.04. The van der Waals surface area contributed by atoms with Crippen LogP contribution in [0.5, 0.6) is 5.88 Å². The largest absolute Gasteiger partial charge is 0.477 e. The number of anilines is 1. The van der Waals surface area contributed by atoms with Crippen LogP contribution < -0.4 is 9.64 Å². The molecule has 118 valence electrons. The molecule has 0 aliphatic carbocycles. The molecule has 0 N–H and O–H groups in total. The number of amides is 1. The number of nitro benzene ring substituents is 1. The van der Waals surface area contributed by atoms with E-state index in [1.165, 1.54) is 12.1 Å². The van der Waals surface area contributed by atoms with E-state index in [4.69, 9.17) is 4.74 Å². The van der Waals surface area contributed by atoms with Crippen molar-refractivity contribution in [3.63, 3.8) is 0 Å². The maximum Gasteiger partial charge on any atom is 0.269 e. The number of carbonyl (C=O) groups excluding carboxylic acids is 1. The first-order valence-corrected chi connectivity index (χ1v) is 7.28. The van der Waals surface area contributed by atoms with Gasteiger partial charge in [0.2, 0.25) is 5.88 Å². The molecule has 0 unspecified atom stereocenters. The third-order valence-corrected chi connectivity index (χ3v) is 3.70. The number of pyridine rings is 1. The molecular formula is C16H15N3O4. The van der Waals surface area contributed by atoms with Crippen molar-refractivity contribution >= 4 is 17.3 Å². The zero-order valence-corrected chi connectivity index (χ0v) is 12.6. The highest BCUT2D eigenvalue weighted by molar-refractivity contribution is 6.08. The van der Waals surface area contributed by atoms with Gasteiger partial charge < -0.3 is 9.64 Å². The van der Waals surface area contributed by atoms with Crippen LogP contribution in [0.2, 0.25) is 0 Å². The molecule has 2 aromatic rings. The van der Waals surface area contributed by atoms with E-state index in [2.05, 4.69) is 4.98 Å². The van der Waals surface area contributed by atoms with E-state index in [1.54, 1.807) is 29.3 Å². The van der Waals surface area contributed by atoms with Gasteiger partial charge in [0.05, 0.1) is 11.5 Å². The van der Waals surface area contributed by atoms with Crippen molar-refractivity contribution in [2.24, 2.45) is 0 Å². The molecule has 0 radical (unpaired) electrons. The van der Waals surface area contributed by atoms with Crippen LogP contribution in [0, 0.1) is 10.1 Å². The van der Waals surface area contributed by atoms with Gasteiger partial charge in [-0.2, -0.15) is 0 Å². The molecule has 1 aromatic heterocycles. The highest BCUT2D eigenvalue weighted by Crippen LogP contribution is 2.33. The minimum absolute atomic E-state index is 0.0365. The summed E-state index contributed by atoms with van der Waals surface area (Å²) in [7, 11) is 0. The fourth-order valence-corrected chi connectivity index (χ4v) is 2.66. The molecular weight excluding hydrogens is 298 g/mol. The zero-order chi connectivity index (χ0) is 16.4. The van der Waals surface area contributed by atoms with E-state index in [-0.39, 0.29) is 11.6 Å². The Morgan fingerprint density at radius 2 is 2.26 bits per heavy atom. The summed E-state index contributed by atoms with van der Waals surface area (Å²) >= 11 is 0. The van der Waals surface area contributed by atoms with Gasteiger partial charge in [-0.15, -0.1) is 0 Å². The van der Waals surface area contributed by atoms with Crippen molar-refractivity contribution < 1.29 is 14.5 Å². The third kappa shape index (κ3) is 2.73. The molecule has 1 aliphatic rings. The second-order valence-corrected chi connectivity index (χ2v) is 5.07. The molecule has 23 heavy (non-hydrogen) atoms. The number of aromatic nitrogens is 1. The average molecular weight is 313 g/mol. The standard InChI is InChI=1S/C16H15N3O4/c1-2-23-15-13(4-3-8-17-15)16(20)18-9-7-11-10-12(19(21)22)5-6-14(11)18/h3-6,8,10H,2,7,9H2,1H3. The smallest absolute Gasteiger partial charge is 0.269 e. The molecule has 1 aromatic carbocycles. The van der Waals surface area contributed by atoms with E-state index in [9.17, 15) is 14.9 Å². The molecule has 2 heterocycles. The van der Waals surface area contributed by atoms with Crippen molar-refractivity contribution in [2.75, 3.05) is 18.1 Å². The maximum absolute atomic E-state index is 12.8. The molecule has 0 spiro atoms. The third-order valence-electron chi connectivity index (χ3n) is 3.70. The summed E-state index contributed by atoms with van der Waals surface area (Å²) in [6, 6.07) is 7.91. The van der Waals surface area contributed by atoms with E-state index >= 15 is 0 Å². The molecule has 1 aliphatic heterocycles. The summed E-state index contributed by atoms with van der Waals surface area (Å²) in [5.41, 5.74) is 1.93. The number of hydrogen-bond donors (Lipinski definition) is 0. The summed E-state index contributed by atoms with van der Waals surface area (Å²) in [5, 5.41) is 10.9. The number of nitrogens with zero attached hydrogens (tertiary/aromatic N) is 3. The van der Waals surface area contributed by atoms with Crippen LogP contribution in [0.3, 0.4) is 0 Å². The van der Waals surface area contributed by atoms with Gasteiger partial charge in [-0.05, 0) is 37.1 Å². The lowest BCUT2D eigenvalue weighted by Crippen LogP contribution is -2.29. The van der Waals surface area contributed by atoms with E-state index in [1.807, 2.05) is 6.92 Å². The van der Waals surface area contributed by atoms with Gasteiger partial charge in [-0.1, -0.05) is 0 Å². The molecule has 7 nitrogen and oxygen atoms in total. The Morgan fingerprint density at radius 3 is 3.00 bits per heavy atom. The predicted octanol–water partition coefficient (Wildman–Crippen LogP) is 2.59. The van der Waals surface area contributed by atoms with Crippen LogP contribution in [0.1, 0.15) is 22.8 Å². The zero-order valence-electron chi connectivity index (χ0n) is 12.6. The SMILES string of the molecule is CCOc1ncccc1C(=O)N1CCc2cc([N+](=O)[O-])ccc21. The minimum atomic E-state index is -0.431. The Morgan fingerprint density at radius 1 is 1.43 bits per heavy atom. The number of carbonyl (C=O) groups is 1. The first kappa shape index (κ1) is 15.0. The van der Waals surface area contributed by atoms with Crippen LogP contribution in [0.15, 0.2) is 36.5 Å².